The minimum atomic E-state index is -1.98. The molecular weight excluding hydrogens is 549 g/mol. The SMILES string of the molecule is CC[C@@]1(O)C(=O)OCc2c1cc1n(c2=O)Cc2c-1nc1cc(F)c(C)c3c1c2C(NC(=O)COCNC(=O)CN)CC3. The van der Waals surface area contributed by atoms with Gasteiger partial charge in [-0.15, -0.1) is 0 Å². The molecule has 0 bridgehead atoms. The average molecular weight is 580 g/mol. The van der Waals surface area contributed by atoms with Crippen LogP contribution in [0.4, 0.5) is 4.39 Å². The lowest BCUT2D eigenvalue weighted by Gasteiger charge is -2.31. The number of nitrogens with zero attached hydrogens (tertiary/aromatic N) is 2. The fourth-order valence-corrected chi connectivity index (χ4v) is 6.28. The van der Waals surface area contributed by atoms with Gasteiger partial charge in [-0.1, -0.05) is 6.92 Å². The van der Waals surface area contributed by atoms with Gasteiger partial charge in [0.25, 0.3) is 5.56 Å². The van der Waals surface area contributed by atoms with E-state index in [0.29, 0.717) is 40.9 Å². The molecule has 6 rings (SSSR count). The third-order valence-electron chi connectivity index (χ3n) is 8.50. The van der Waals surface area contributed by atoms with Gasteiger partial charge in [0.1, 0.15) is 25.8 Å². The van der Waals surface area contributed by atoms with Gasteiger partial charge in [0.2, 0.25) is 11.8 Å². The maximum Gasteiger partial charge on any atom is 0.343 e. The normalized spacial score (nSPS) is 20.0. The summed E-state index contributed by atoms with van der Waals surface area (Å²) in [5, 5.41) is 17.3. The Labute approximate surface area is 239 Å². The first-order valence-corrected chi connectivity index (χ1v) is 13.7. The first kappa shape index (κ1) is 27.9. The highest BCUT2D eigenvalue weighted by atomic mass is 19.1. The molecule has 0 radical (unpaired) electrons. The molecule has 12 nitrogen and oxygen atoms in total. The number of nitrogens with one attached hydrogen (secondary N) is 2. The number of nitrogens with two attached hydrogens (primary N) is 1. The molecule has 2 amide bonds. The first-order chi connectivity index (χ1) is 20.1. The fourth-order valence-electron chi connectivity index (χ4n) is 6.28. The summed E-state index contributed by atoms with van der Waals surface area (Å²) in [5.74, 6) is -2.07. The van der Waals surface area contributed by atoms with E-state index in [1.54, 1.807) is 19.9 Å². The van der Waals surface area contributed by atoms with E-state index in [4.69, 9.17) is 20.2 Å². The van der Waals surface area contributed by atoms with Crippen molar-refractivity contribution in [2.24, 2.45) is 5.73 Å². The molecule has 13 heteroatoms. The van der Waals surface area contributed by atoms with Crippen LogP contribution in [0.5, 0.6) is 0 Å². The second kappa shape index (κ2) is 10.3. The number of esters is 1. The number of carbonyl (C=O) groups excluding carboxylic acids is 3. The van der Waals surface area contributed by atoms with Crippen LogP contribution in [0.3, 0.4) is 0 Å². The number of hydrogen-bond acceptors (Lipinski definition) is 9. The zero-order valence-electron chi connectivity index (χ0n) is 23.1. The molecule has 42 heavy (non-hydrogen) atoms. The number of benzene rings is 1. The van der Waals surface area contributed by atoms with Gasteiger partial charge in [-0.2, -0.15) is 0 Å². The largest absolute Gasteiger partial charge is 0.458 e. The summed E-state index contributed by atoms with van der Waals surface area (Å²) in [6.45, 7) is 2.52. The lowest BCUT2D eigenvalue weighted by Crippen LogP contribution is -2.44. The summed E-state index contributed by atoms with van der Waals surface area (Å²) >= 11 is 0. The van der Waals surface area contributed by atoms with Crippen LogP contribution in [-0.4, -0.2) is 52.3 Å². The van der Waals surface area contributed by atoms with E-state index in [-0.39, 0.29) is 50.6 Å². The highest BCUT2D eigenvalue weighted by molar-refractivity contribution is 5.94. The second-order valence-electron chi connectivity index (χ2n) is 10.8. The van der Waals surface area contributed by atoms with E-state index in [0.717, 1.165) is 16.5 Å². The number of aryl methyl sites for hydroxylation is 1. The summed E-state index contributed by atoms with van der Waals surface area (Å²) in [7, 11) is 0. The Hall–Kier alpha value is -4.20. The predicted octanol–water partition coefficient (Wildman–Crippen LogP) is 0.680. The first-order valence-electron chi connectivity index (χ1n) is 13.7. The van der Waals surface area contributed by atoms with Crippen molar-refractivity contribution in [2.75, 3.05) is 19.9 Å². The van der Waals surface area contributed by atoms with Crippen molar-refractivity contribution in [3.63, 3.8) is 0 Å². The average Bonchev–Trinajstić information content (AvgIpc) is 3.35. The van der Waals surface area contributed by atoms with Gasteiger partial charge in [0, 0.05) is 22.6 Å². The molecule has 0 saturated carbocycles. The highest BCUT2D eigenvalue weighted by Crippen LogP contribution is 2.45. The van der Waals surface area contributed by atoms with Crippen LogP contribution in [0, 0.1) is 12.7 Å². The molecule has 4 heterocycles. The summed E-state index contributed by atoms with van der Waals surface area (Å²) in [6, 6.07) is 2.46. The molecule has 3 aliphatic rings. The zero-order valence-corrected chi connectivity index (χ0v) is 23.1. The number of rotatable bonds is 7. The number of halogens is 1. The fraction of sp³-hybridized carbons (Fsp3) is 0.414. The number of aliphatic hydroxyl groups is 1. The minimum absolute atomic E-state index is 0.00487. The Bertz CT molecular complexity index is 1750. The Balaban J connectivity index is 1.45. The van der Waals surface area contributed by atoms with Crippen LogP contribution >= 0.6 is 0 Å². The maximum absolute atomic E-state index is 15.0. The van der Waals surface area contributed by atoms with Gasteiger partial charge in [-0.3, -0.25) is 14.4 Å². The van der Waals surface area contributed by atoms with Gasteiger partial charge in [0.15, 0.2) is 5.60 Å². The lowest BCUT2D eigenvalue weighted by molar-refractivity contribution is -0.172. The molecule has 3 aromatic rings. The lowest BCUT2D eigenvalue weighted by atomic mass is 9.81. The number of ether oxygens (including phenoxy) is 2. The van der Waals surface area contributed by atoms with Crippen LogP contribution in [0.25, 0.3) is 22.3 Å². The number of cyclic esters (lactones) is 1. The molecule has 0 saturated heterocycles. The van der Waals surface area contributed by atoms with Crippen molar-refractivity contribution < 1.29 is 33.4 Å². The van der Waals surface area contributed by atoms with E-state index in [2.05, 4.69) is 10.6 Å². The summed E-state index contributed by atoms with van der Waals surface area (Å²) in [6.07, 6.45) is 0.971. The van der Waals surface area contributed by atoms with Crippen LogP contribution in [0.15, 0.2) is 16.9 Å². The number of amides is 2. The molecule has 5 N–H and O–H groups in total. The van der Waals surface area contributed by atoms with E-state index >= 15 is 4.39 Å². The van der Waals surface area contributed by atoms with Gasteiger partial charge in [0.05, 0.1) is 41.6 Å². The molecule has 1 aliphatic carbocycles. The highest BCUT2D eigenvalue weighted by Gasteiger charge is 2.46. The van der Waals surface area contributed by atoms with Crippen LogP contribution in [0.2, 0.25) is 0 Å². The smallest absolute Gasteiger partial charge is 0.343 e. The number of hydrogen-bond donors (Lipinski definition) is 4. The van der Waals surface area contributed by atoms with Gasteiger partial charge in [-0.25, -0.2) is 14.2 Å². The predicted molar refractivity (Wildman–Crippen MR) is 146 cm³/mol. The molecular formula is C29H30FN5O7. The van der Waals surface area contributed by atoms with Crippen LogP contribution in [0.1, 0.15) is 59.2 Å². The maximum atomic E-state index is 15.0. The Morgan fingerprint density at radius 3 is 2.79 bits per heavy atom. The van der Waals surface area contributed by atoms with E-state index in [9.17, 15) is 24.3 Å². The molecule has 0 fully saturated rings. The Kier molecular flexibility index (Phi) is 6.83. The molecule has 2 atom stereocenters. The molecule has 220 valence electrons. The molecule has 2 aliphatic heterocycles. The molecule has 0 spiro atoms. The number of carbonyl (C=O) groups is 3. The van der Waals surface area contributed by atoms with Crippen molar-refractivity contribution in [2.45, 2.75) is 57.9 Å². The van der Waals surface area contributed by atoms with E-state index < -0.39 is 40.8 Å². The summed E-state index contributed by atoms with van der Waals surface area (Å²) in [5.41, 5.74) is 7.16. The monoisotopic (exact) mass is 579 g/mol. The van der Waals surface area contributed by atoms with Gasteiger partial charge >= 0.3 is 5.97 Å². The third-order valence-corrected chi connectivity index (χ3v) is 8.50. The summed E-state index contributed by atoms with van der Waals surface area (Å²) < 4.78 is 27.0. The van der Waals surface area contributed by atoms with Gasteiger partial charge in [-0.05, 0) is 48.9 Å². The molecule has 2 aromatic heterocycles. The van der Waals surface area contributed by atoms with E-state index in [1.165, 1.54) is 10.6 Å². The Morgan fingerprint density at radius 1 is 1.26 bits per heavy atom. The Morgan fingerprint density at radius 2 is 2.05 bits per heavy atom. The quantitative estimate of drug-likeness (QED) is 0.139. The van der Waals surface area contributed by atoms with Crippen molar-refractivity contribution in [1.29, 1.82) is 0 Å². The van der Waals surface area contributed by atoms with Crippen molar-refractivity contribution in [3.05, 3.63) is 61.7 Å². The van der Waals surface area contributed by atoms with Crippen molar-refractivity contribution in [3.8, 4) is 11.4 Å². The van der Waals surface area contributed by atoms with Crippen molar-refractivity contribution >= 4 is 28.7 Å². The standard InChI is InChI=1S/C29H30FN5O7/c1-3-29(40)17-6-21-26-15(9-35(21)27(38)16(17)10-42-28(29)39)25-19(33-23(37)11-41-12-32-22(36)8-31)5-4-14-13(2)18(30)7-20(34-26)24(14)25/h6-7,19,40H,3-5,8-12,31H2,1-2H3,(H,32,36)(H,33,37)/t19?,29-/m0/s1. The van der Waals surface area contributed by atoms with E-state index in [1.807, 2.05) is 0 Å². The third kappa shape index (κ3) is 4.18. The zero-order chi connectivity index (χ0) is 29.9. The number of aromatic nitrogens is 2. The molecule has 1 aromatic carbocycles. The van der Waals surface area contributed by atoms with Crippen LogP contribution in [-0.2, 0) is 49.0 Å². The minimum Gasteiger partial charge on any atom is -0.458 e. The topological polar surface area (TPSA) is 175 Å². The second-order valence-corrected chi connectivity index (χ2v) is 10.8. The van der Waals surface area contributed by atoms with Crippen LogP contribution < -0.4 is 21.9 Å². The molecule has 1 unspecified atom stereocenters. The van der Waals surface area contributed by atoms with Gasteiger partial charge < -0.3 is 35.5 Å². The number of fused-ring (bicyclic) bond motifs is 5. The van der Waals surface area contributed by atoms with Crippen molar-refractivity contribution in [1.82, 2.24) is 20.2 Å². The summed E-state index contributed by atoms with van der Waals surface area (Å²) in [4.78, 5) is 55.2. The number of pyridine rings is 2.